The predicted molar refractivity (Wildman–Crippen MR) is 111 cm³/mol. The van der Waals surface area contributed by atoms with Crippen molar-refractivity contribution in [2.45, 2.75) is 50.6 Å². The van der Waals surface area contributed by atoms with Crippen LogP contribution in [-0.4, -0.2) is 31.2 Å². The standard InChI is InChI=1S/C21H25ClN2O3S/c1-14-6-11-19(15(2)13-14)16(3)23-21(25)20-5-4-12-24(20)28(26,27)18-9-7-17(22)8-10-18/h6-11,13,16,20H,4-5,12H2,1-3H3,(H,23,25)/t16-,20-/m1/s1. The van der Waals surface area contributed by atoms with E-state index in [0.717, 1.165) is 16.7 Å². The van der Waals surface area contributed by atoms with Crippen LogP contribution in [-0.2, 0) is 14.8 Å². The second-order valence-corrected chi connectivity index (χ2v) is 9.65. The van der Waals surface area contributed by atoms with Crippen molar-refractivity contribution in [2.75, 3.05) is 6.54 Å². The van der Waals surface area contributed by atoms with Crippen molar-refractivity contribution in [2.24, 2.45) is 0 Å². The molecule has 0 aliphatic carbocycles. The topological polar surface area (TPSA) is 66.5 Å². The summed E-state index contributed by atoms with van der Waals surface area (Å²) < 4.78 is 27.3. The first-order chi connectivity index (χ1) is 13.2. The van der Waals surface area contributed by atoms with E-state index in [-0.39, 0.29) is 16.8 Å². The summed E-state index contributed by atoms with van der Waals surface area (Å²) in [7, 11) is -3.75. The molecule has 0 radical (unpaired) electrons. The van der Waals surface area contributed by atoms with Crippen LogP contribution in [0.4, 0.5) is 0 Å². The first-order valence-corrected chi connectivity index (χ1v) is 11.2. The molecule has 0 saturated carbocycles. The monoisotopic (exact) mass is 420 g/mol. The van der Waals surface area contributed by atoms with Crippen LogP contribution >= 0.6 is 11.6 Å². The van der Waals surface area contributed by atoms with Gasteiger partial charge < -0.3 is 5.32 Å². The van der Waals surface area contributed by atoms with Crippen LogP contribution in [0.15, 0.2) is 47.4 Å². The summed E-state index contributed by atoms with van der Waals surface area (Å²) >= 11 is 5.87. The molecule has 0 aromatic heterocycles. The Morgan fingerprint density at radius 1 is 1.18 bits per heavy atom. The summed E-state index contributed by atoms with van der Waals surface area (Å²) in [6.45, 7) is 6.29. The molecular weight excluding hydrogens is 396 g/mol. The van der Waals surface area contributed by atoms with Crippen LogP contribution in [0, 0.1) is 13.8 Å². The molecule has 1 aliphatic rings. The lowest BCUT2D eigenvalue weighted by Gasteiger charge is -2.25. The highest BCUT2D eigenvalue weighted by Crippen LogP contribution is 2.28. The third-order valence-corrected chi connectivity index (χ3v) is 7.35. The van der Waals surface area contributed by atoms with Crippen LogP contribution in [0.1, 0.15) is 42.5 Å². The summed E-state index contributed by atoms with van der Waals surface area (Å²) in [6.07, 6.45) is 1.17. The molecule has 28 heavy (non-hydrogen) atoms. The zero-order valence-corrected chi connectivity index (χ0v) is 17.8. The molecule has 1 heterocycles. The SMILES string of the molecule is Cc1ccc([C@@H](C)NC(=O)[C@H]2CCCN2S(=O)(=O)c2ccc(Cl)cc2)c(C)c1. The van der Waals surface area contributed by atoms with Crippen molar-refractivity contribution in [3.63, 3.8) is 0 Å². The van der Waals surface area contributed by atoms with E-state index in [1.807, 2.05) is 32.9 Å². The van der Waals surface area contributed by atoms with Gasteiger partial charge >= 0.3 is 0 Å². The van der Waals surface area contributed by atoms with Crippen LogP contribution < -0.4 is 5.32 Å². The number of hydrogen-bond acceptors (Lipinski definition) is 3. The van der Waals surface area contributed by atoms with Gasteiger partial charge in [-0.2, -0.15) is 4.31 Å². The predicted octanol–water partition coefficient (Wildman–Crippen LogP) is 3.99. The molecule has 0 spiro atoms. The van der Waals surface area contributed by atoms with Gasteiger partial charge in [0.2, 0.25) is 15.9 Å². The number of nitrogens with zero attached hydrogens (tertiary/aromatic N) is 1. The van der Waals surface area contributed by atoms with E-state index in [9.17, 15) is 13.2 Å². The molecule has 1 saturated heterocycles. The average molecular weight is 421 g/mol. The molecule has 7 heteroatoms. The summed E-state index contributed by atoms with van der Waals surface area (Å²) in [5.41, 5.74) is 3.30. The minimum absolute atomic E-state index is 0.152. The highest BCUT2D eigenvalue weighted by molar-refractivity contribution is 7.89. The van der Waals surface area contributed by atoms with E-state index in [4.69, 9.17) is 11.6 Å². The van der Waals surface area contributed by atoms with Crippen molar-refractivity contribution in [1.82, 2.24) is 9.62 Å². The lowest BCUT2D eigenvalue weighted by atomic mass is 10.00. The third kappa shape index (κ3) is 4.24. The maximum absolute atomic E-state index is 13.0. The van der Waals surface area contributed by atoms with Gasteiger partial charge in [0.15, 0.2) is 0 Å². The van der Waals surface area contributed by atoms with Crippen molar-refractivity contribution in [3.05, 3.63) is 64.2 Å². The summed E-state index contributed by atoms with van der Waals surface area (Å²) in [5.74, 6) is -0.262. The number of carbonyl (C=O) groups is 1. The molecule has 3 rings (SSSR count). The zero-order chi connectivity index (χ0) is 20.5. The van der Waals surface area contributed by atoms with Crippen molar-refractivity contribution in [1.29, 1.82) is 0 Å². The molecule has 2 aromatic rings. The Kier molecular flexibility index (Phi) is 6.12. The maximum Gasteiger partial charge on any atom is 0.243 e. The van der Waals surface area contributed by atoms with Crippen LogP contribution in [0.3, 0.4) is 0 Å². The Hall–Kier alpha value is -1.89. The minimum atomic E-state index is -3.75. The molecule has 5 nitrogen and oxygen atoms in total. The van der Waals surface area contributed by atoms with Crippen LogP contribution in [0.2, 0.25) is 5.02 Å². The first kappa shape index (κ1) is 20.8. The normalized spacial score (nSPS) is 18.8. The van der Waals surface area contributed by atoms with Gasteiger partial charge in [0.1, 0.15) is 6.04 Å². The number of nitrogens with one attached hydrogen (secondary N) is 1. The second kappa shape index (κ2) is 8.23. The number of rotatable bonds is 5. The van der Waals surface area contributed by atoms with Gasteiger partial charge in [0.25, 0.3) is 0 Å². The van der Waals surface area contributed by atoms with Gasteiger partial charge in [0.05, 0.1) is 10.9 Å². The lowest BCUT2D eigenvalue weighted by molar-refractivity contribution is -0.124. The van der Waals surface area contributed by atoms with E-state index >= 15 is 0 Å². The van der Waals surface area contributed by atoms with E-state index in [2.05, 4.69) is 11.4 Å². The summed E-state index contributed by atoms with van der Waals surface area (Å²) in [4.78, 5) is 13.1. The fourth-order valence-corrected chi connectivity index (χ4v) is 5.51. The van der Waals surface area contributed by atoms with Gasteiger partial charge in [-0.3, -0.25) is 4.79 Å². The number of halogens is 1. The molecule has 1 aliphatic heterocycles. The van der Waals surface area contributed by atoms with Gasteiger partial charge in [0, 0.05) is 11.6 Å². The average Bonchev–Trinajstić information content (AvgIpc) is 3.12. The number of amides is 1. The molecule has 1 N–H and O–H groups in total. The number of sulfonamides is 1. The molecular formula is C21H25ClN2O3S. The summed E-state index contributed by atoms with van der Waals surface area (Å²) in [5, 5.41) is 3.46. The Bertz CT molecular complexity index is 974. The van der Waals surface area contributed by atoms with Gasteiger partial charge in [-0.15, -0.1) is 0 Å². The number of carbonyl (C=O) groups excluding carboxylic acids is 1. The molecule has 2 aromatic carbocycles. The van der Waals surface area contributed by atoms with E-state index in [0.29, 0.717) is 24.4 Å². The molecule has 0 unspecified atom stereocenters. The highest BCUT2D eigenvalue weighted by atomic mass is 35.5. The fraction of sp³-hybridized carbons (Fsp3) is 0.381. The minimum Gasteiger partial charge on any atom is -0.348 e. The molecule has 150 valence electrons. The Labute approximate surface area is 171 Å². The summed E-state index contributed by atoms with van der Waals surface area (Å²) in [6, 6.07) is 11.2. The molecule has 2 atom stereocenters. The number of benzene rings is 2. The van der Waals surface area contributed by atoms with E-state index < -0.39 is 16.1 Å². The smallest absolute Gasteiger partial charge is 0.243 e. The third-order valence-electron chi connectivity index (χ3n) is 5.18. The lowest BCUT2D eigenvalue weighted by Crippen LogP contribution is -2.46. The van der Waals surface area contributed by atoms with Crippen molar-refractivity contribution < 1.29 is 13.2 Å². The van der Waals surface area contributed by atoms with E-state index in [1.165, 1.54) is 16.4 Å². The Balaban J connectivity index is 1.78. The Morgan fingerprint density at radius 3 is 2.50 bits per heavy atom. The van der Waals surface area contributed by atoms with Crippen molar-refractivity contribution in [3.8, 4) is 0 Å². The number of aryl methyl sites for hydroxylation is 2. The molecule has 1 fully saturated rings. The Morgan fingerprint density at radius 2 is 1.86 bits per heavy atom. The molecule has 1 amide bonds. The van der Waals surface area contributed by atoms with Gasteiger partial charge in [-0.1, -0.05) is 35.4 Å². The van der Waals surface area contributed by atoms with E-state index in [1.54, 1.807) is 12.1 Å². The first-order valence-electron chi connectivity index (χ1n) is 9.35. The van der Waals surface area contributed by atoms with Crippen LogP contribution in [0.5, 0.6) is 0 Å². The fourth-order valence-electron chi connectivity index (χ4n) is 3.73. The quantitative estimate of drug-likeness (QED) is 0.795. The second-order valence-electron chi connectivity index (χ2n) is 7.32. The molecule has 0 bridgehead atoms. The van der Waals surface area contributed by atoms with Crippen molar-refractivity contribution >= 4 is 27.5 Å². The van der Waals surface area contributed by atoms with Crippen LogP contribution in [0.25, 0.3) is 0 Å². The largest absolute Gasteiger partial charge is 0.348 e. The highest BCUT2D eigenvalue weighted by Gasteiger charge is 2.39. The van der Waals surface area contributed by atoms with Gasteiger partial charge in [-0.25, -0.2) is 8.42 Å². The number of hydrogen-bond donors (Lipinski definition) is 1. The zero-order valence-electron chi connectivity index (χ0n) is 16.3. The van der Waals surface area contributed by atoms with Gasteiger partial charge in [-0.05, 0) is 69.0 Å². The maximum atomic E-state index is 13.0.